The van der Waals surface area contributed by atoms with Crippen molar-refractivity contribution in [3.63, 3.8) is 0 Å². The lowest BCUT2D eigenvalue weighted by Crippen LogP contribution is -2.37. The summed E-state index contributed by atoms with van der Waals surface area (Å²) in [6.45, 7) is 2.21. The number of benzene rings is 1. The zero-order valence-corrected chi connectivity index (χ0v) is 12.7. The number of nitrogens with one attached hydrogen (secondary N) is 1. The van der Waals surface area contributed by atoms with E-state index in [9.17, 15) is 4.21 Å². The van der Waals surface area contributed by atoms with Crippen molar-refractivity contribution in [2.45, 2.75) is 36.7 Å². The molecule has 4 heteroatoms. The van der Waals surface area contributed by atoms with Crippen LogP contribution < -0.4 is 5.32 Å². The summed E-state index contributed by atoms with van der Waals surface area (Å²) in [6, 6.07) is 9.65. The molecule has 1 aliphatic heterocycles. The standard InChI is InChI=1S/C14H21NOS2/c1-11(12-3-5-14(17-2)6-4-12)15-13-7-9-18(16)10-8-13/h3-6,11,13,15H,7-10H2,1-2H3. The number of thioether (sulfide) groups is 1. The van der Waals surface area contributed by atoms with Crippen LogP contribution in [0.15, 0.2) is 29.2 Å². The Morgan fingerprint density at radius 2 is 1.89 bits per heavy atom. The molecule has 0 spiro atoms. The van der Waals surface area contributed by atoms with Crippen molar-refractivity contribution in [3.05, 3.63) is 29.8 Å². The molecule has 2 rings (SSSR count). The van der Waals surface area contributed by atoms with Gasteiger partial charge >= 0.3 is 0 Å². The van der Waals surface area contributed by atoms with Crippen molar-refractivity contribution >= 4 is 22.6 Å². The lowest BCUT2D eigenvalue weighted by molar-refractivity contribution is 0.427. The molecule has 0 radical (unpaired) electrons. The van der Waals surface area contributed by atoms with Gasteiger partial charge in [0.25, 0.3) is 0 Å². The molecular weight excluding hydrogens is 262 g/mol. The Kier molecular flexibility index (Phi) is 5.27. The molecule has 100 valence electrons. The molecule has 1 fully saturated rings. The maximum Gasteiger partial charge on any atom is 0.0294 e. The first-order valence-electron chi connectivity index (χ1n) is 6.44. The minimum Gasteiger partial charge on any atom is -0.307 e. The highest BCUT2D eigenvalue weighted by atomic mass is 32.2. The van der Waals surface area contributed by atoms with Crippen LogP contribution in [-0.4, -0.2) is 28.0 Å². The number of hydrogen-bond donors (Lipinski definition) is 1. The monoisotopic (exact) mass is 283 g/mol. The molecule has 1 heterocycles. The quantitative estimate of drug-likeness (QED) is 0.861. The van der Waals surface area contributed by atoms with Crippen molar-refractivity contribution in [2.24, 2.45) is 0 Å². The van der Waals surface area contributed by atoms with Gasteiger partial charge in [-0.3, -0.25) is 4.21 Å². The first-order chi connectivity index (χ1) is 8.69. The molecule has 0 bridgehead atoms. The lowest BCUT2D eigenvalue weighted by Gasteiger charge is -2.26. The minimum absolute atomic E-state index is 0.373. The molecule has 0 aliphatic carbocycles. The highest BCUT2D eigenvalue weighted by Gasteiger charge is 2.19. The SMILES string of the molecule is CSc1ccc(C(C)NC2CCS(=O)CC2)cc1. The van der Waals surface area contributed by atoms with E-state index in [1.807, 2.05) is 0 Å². The van der Waals surface area contributed by atoms with Gasteiger partial charge in [-0.15, -0.1) is 11.8 Å². The third-order valence-electron chi connectivity index (χ3n) is 3.49. The molecule has 1 saturated heterocycles. The Morgan fingerprint density at radius 1 is 1.28 bits per heavy atom. The van der Waals surface area contributed by atoms with Crippen molar-refractivity contribution in [1.82, 2.24) is 5.32 Å². The third-order valence-corrected chi connectivity index (χ3v) is 5.62. The van der Waals surface area contributed by atoms with Gasteiger partial charge in [0.05, 0.1) is 0 Å². The fourth-order valence-corrected chi connectivity index (χ4v) is 4.01. The fourth-order valence-electron chi connectivity index (χ4n) is 2.30. The molecule has 0 saturated carbocycles. The highest BCUT2D eigenvalue weighted by molar-refractivity contribution is 7.98. The Labute approximate surface area is 116 Å². The van der Waals surface area contributed by atoms with E-state index in [4.69, 9.17) is 0 Å². The van der Waals surface area contributed by atoms with Crippen molar-refractivity contribution in [1.29, 1.82) is 0 Å². The van der Waals surface area contributed by atoms with E-state index >= 15 is 0 Å². The first kappa shape index (κ1) is 14.1. The van der Waals surface area contributed by atoms with Crippen LogP contribution in [0.25, 0.3) is 0 Å². The second kappa shape index (κ2) is 6.73. The molecule has 1 N–H and O–H groups in total. The van der Waals surface area contributed by atoms with E-state index in [0.717, 1.165) is 24.3 Å². The summed E-state index contributed by atoms with van der Waals surface area (Å²) in [7, 11) is -0.567. The molecule has 18 heavy (non-hydrogen) atoms. The van der Waals surface area contributed by atoms with Crippen LogP contribution in [0, 0.1) is 0 Å². The maximum absolute atomic E-state index is 11.3. The Morgan fingerprint density at radius 3 is 2.44 bits per heavy atom. The van der Waals surface area contributed by atoms with Gasteiger partial charge in [0.15, 0.2) is 0 Å². The van der Waals surface area contributed by atoms with Crippen molar-refractivity contribution in [2.75, 3.05) is 17.8 Å². The Balaban J connectivity index is 1.90. The molecule has 1 atom stereocenters. The van der Waals surface area contributed by atoms with Crippen molar-refractivity contribution in [3.8, 4) is 0 Å². The van der Waals surface area contributed by atoms with Gasteiger partial charge in [0.2, 0.25) is 0 Å². The van der Waals surface area contributed by atoms with Gasteiger partial charge in [-0.1, -0.05) is 12.1 Å². The normalized spacial score (nSPS) is 25.9. The summed E-state index contributed by atoms with van der Waals surface area (Å²) < 4.78 is 11.3. The number of hydrogen-bond acceptors (Lipinski definition) is 3. The largest absolute Gasteiger partial charge is 0.307 e. The number of rotatable bonds is 4. The maximum atomic E-state index is 11.3. The van der Waals surface area contributed by atoms with Crippen LogP contribution in [0.3, 0.4) is 0 Å². The van der Waals surface area contributed by atoms with Gasteiger partial charge in [0.1, 0.15) is 0 Å². The summed E-state index contributed by atoms with van der Waals surface area (Å²) in [5, 5.41) is 3.65. The Hall–Kier alpha value is -0.320. The van der Waals surface area contributed by atoms with Gasteiger partial charge in [0, 0.05) is 39.3 Å². The van der Waals surface area contributed by atoms with Crippen molar-refractivity contribution < 1.29 is 4.21 Å². The van der Waals surface area contributed by atoms with Crippen LogP contribution in [-0.2, 0) is 10.8 Å². The zero-order valence-electron chi connectivity index (χ0n) is 11.0. The average molecular weight is 283 g/mol. The topological polar surface area (TPSA) is 29.1 Å². The second-order valence-electron chi connectivity index (χ2n) is 4.78. The zero-order chi connectivity index (χ0) is 13.0. The average Bonchev–Trinajstić information content (AvgIpc) is 2.41. The van der Waals surface area contributed by atoms with Crippen LogP contribution in [0.2, 0.25) is 0 Å². The summed E-state index contributed by atoms with van der Waals surface area (Å²) >= 11 is 1.77. The summed E-state index contributed by atoms with van der Waals surface area (Å²) in [5.74, 6) is 1.71. The molecule has 0 aromatic heterocycles. The van der Waals surface area contributed by atoms with E-state index < -0.39 is 10.8 Å². The predicted octanol–water partition coefficient (Wildman–Crippen LogP) is 2.97. The van der Waals surface area contributed by atoms with Crippen LogP contribution in [0.5, 0.6) is 0 Å². The van der Waals surface area contributed by atoms with E-state index in [1.54, 1.807) is 11.8 Å². The summed E-state index contributed by atoms with van der Waals surface area (Å²) in [4.78, 5) is 1.30. The summed E-state index contributed by atoms with van der Waals surface area (Å²) in [6.07, 6.45) is 4.18. The Bertz CT molecular complexity index is 395. The van der Waals surface area contributed by atoms with E-state index in [2.05, 4.69) is 42.8 Å². The van der Waals surface area contributed by atoms with Gasteiger partial charge in [-0.05, 0) is 43.7 Å². The molecule has 0 amide bonds. The van der Waals surface area contributed by atoms with Crippen LogP contribution >= 0.6 is 11.8 Å². The van der Waals surface area contributed by atoms with Gasteiger partial charge < -0.3 is 5.32 Å². The molecule has 1 aromatic carbocycles. The molecule has 1 aliphatic rings. The lowest BCUT2D eigenvalue weighted by atomic mass is 10.1. The van der Waals surface area contributed by atoms with Crippen LogP contribution in [0.1, 0.15) is 31.4 Å². The predicted molar refractivity (Wildman–Crippen MR) is 80.7 cm³/mol. The highest BCUT2D eigenvalue weighted by Crippen LogP contribution is 2.20. The summed E-state index contributed by atoms with van der Waals surface area (Å²) in [5.41, 5.74) is 1.33. The first-order valence-corrected chi connectivity index (χ1v) is 9.15. The third kappa shape index (κ3) is 3.84. The van der Waals surface area contributed by atoms with E-state index in [0.29, 0.717) is 12.1 Å². The van der Waals surface area contributed by atoms with E-state index in [-0.39, 0.29) is 0 Å². The molecular formula is C14H21NOS2. The molecule has 2 nitrogen and oxygen atoms in total. The fraction of sp³-hybridized carbons (Fsp3) is 0.571. The minimum atomic E-state index is -0.567. The molecule has 1 unspecified atom stereocenters. The van der Waals surface area contributed by atoms with E-state index in [1.165, 1.54) is 10.5 Å². The van der Waals surface area contributed by atoms with Crippen LogP contribution in [0.4, 0.5) is 0 Å². The second-order valence-corrected chi connectivity index (χ2v) is 7.36. The molecule has 1 aromatic rings. The van der Waals surface area contributed by atoms with Gasteiger partial charge in [-0.25, -0.2) is 0 Å². The van der Waals surface area contributed by atoms with Gasteiger partial charge in [-0.2, -0.15) is 0 Å². The smallest absolute Gasteiger partial charge is 0.0294 e.